The minimum absolute atomic E-state index is 0.0127. The molecule has 0 spiro atoms. The molecule has 5 nitrogen and oxygen atoms in total. The first-order valence-electron chi connectivity index (χ1n) is 5.75. The third-order valence-electron chi connectivity index (χ3n) is 3.07. The number of hydrogen-bond donors (Lipinski definition) is 1. The molecule has 0 aliphatic carbocycles. The van der Waals surface area contributed by atoms with Gasteiger partial charge in [-0.15, -0.1) is 0 Å². The number of carboxylic acids is 1. The first kappa shape index (κ1) is 12.4. The molecule has 1 aromatic rings. The van der Waals surface area contributed by atoms with Crippen molar-refractivity contribution in [3.63, 3.8) is 0 Å². The maximum atomic E-state index is 11.5. The minimum atomic E-state index is -0.984. The van der Waals surface area contributed by atoms with Crippen molar-refractivity contribution in [1.82, 2.24) is 4.90 Å². The van der Waals surface area contributed by atoms with Crippen molar-refractivity contribution < 1.29 is 19.4 Å². The standard InChI is InChI=1S/C13H15NO4/c1-8-7-18-12-5-10(13(16)17)3-4-11(12)6-14(8)9(2)15/h3-5,8H,6-7H2,1-2H3,(H,16,17). The zero-order valence-corrected chi connectivity index (χ0v) is 10.3. The highest BCUT2D eigenvalue weighted by molar-refractivity contribution is 5.88. The Bertz CT molecular complexity index is 498. The Hall–Kier alpha value is -2.04. The van der Waals surface area contributed by atoms with E-state index in [4.69, 9.17) is 9.84 Å². The van der Waals surface area contributed by atoms with Crippen LogP contribution in [0.4, 0.5) is 0 Å². The Kier molecular flexibility index (Phi) is 3.23. The number of carbonyl (C=O) groups is 2. The molecule has 0 bridgehead atoms. The van der Waals surface area contributed by atoms with Crippen LogP contribution in [0.2, 0.25) is 0 Å². The first-order chi connectivity index (χ1) is 8.49. The molecule has 0 radical (unpaired) electrons. The zero-order chi connectivity index (χ0) is 13.3. The molecule has 0 saturated heterocycles. The maximum absolute atomic E-state index is 11.5. The van der Waals surface area contributed by atoms with Gasteiger partial charge in [-0.1, -0.05) is 6.07 Å². The molecule has 1 aromatic carbocycles. The summed E-state index contributed by atoms with van der Waals surface area (Å²) in [5.74, 6) is -0.450. The Morgan fingerprint density at radius 1 is 1.44 bits per heavy atom. The molecule has 0 aromatic heterocycles. The molecule has 1 heterocycles. The van der Waals surface area contributed by atoms with Gasteiger partial charge in [0.15, 0.2) is 0 Å². The fourth-order valence-electron chi connectivity index (χ4n) is 2.01. The molecule has 18 heavy (non-hydrogen) atoms. The molecule has 1 unspecified atom stereocenters. The second-order valence-corrected chi connectivity index (χ2v) is 4.43. The third-order valence-corrected chi connectivity index (χ3v) is 3.07. The molecule has 96 valence electrons. The van der Waals surface area contributed by atoms with Gasteiger partial charge >= 0.3 is 5.97 Å². The van der Waals surface area contributed by atoms with Crippen LogP contribution in [0.1, 0.15) is 29.8 Å². The van der Waals surface area contributed by atoms with Gasteiger partial charge in [-0.05, 0) is 19.1 Å². The van der Waals surface area contributed by atoms with E-state index in [0.29, 0.717) is 18.9 Å². The van der Waals surface area contributed by atoms with Gasteiger partial charge in [0.25, 0.3) is 0 Å². The lowest BCUT2D eigenvalue weighted by Gasteiger charge is -2.24. The Labute approximate surface area is 105 Å². The quantitative estimate of drug-likeness (QED) is 0.819. The van der Waals surface area contributed by atoms with Gasteiger partial charge in [-0.25, -0.2) is 4.79 Å². The molecule has 1 amide bonds. The number of carboxylic acid groups (broad SMARTS) is 1. The van der Waals surface area contributed by atoms with E-state index >= 15 is 0 Å². The number of carbonyl (C=O) groups excluding carboxylic acids is 1. The second-order valence-electron chi connectivity index (χ2n) is 4.43. The lowest BCUT2D eigenvalue weighted by molar-refractivity contribution is -0.131. The van der Waals surface area contributed by atoms with E-state index in [-0.39, 0.29) is 17.5 Å². The molecular weight excluding hydrogens is 234 g/mol. The molecule has 2 rings (SSSR count). The Morgan fingerprint density at radius 2 is 2.17 bits per heavy atom. The Balaban J connectivity index is 2.36. The van der Waals surface area contributed by atoms with Crippen LogP contribution in [0.5, 0.6) is 5.75 Å². The van der Waals surface area contributed by atoms with Crippen LogP contribution in [0.25, 0.3) is 0 Å². The average molecular weight is 249 g/mol. The molecule has 5 heteroatoms. The monoisotopic (exact) mass is 249 g/mol. The summed E-state index contributed by atoms with van der Waals surface area (Å²) in [5, 5.41) is 8.93. The van der Waals surface area contributed by atoms with Gasteiger partial charge in [0, 0.05) is 19.0 Å². The highest BCUT2D eigenvalue weighted by atomic mass is 16.5. The van der Waals surface area contributed by atoms with Crippen LogP contribution < -0.4 is 4.74 Å². The number of hydrogen-bond acceptors (Lipinski definition) is 3. The lowest BCUT2D eigenvalue weighted by atomic mass is 10.1. The van der Waals surface area contributed by atoms with E-state index in [1.54, 1.807) is 11.0 Å². The van der Waals surface area contributed by atoms with Gasteiger partial charge in [0.1, 0.15) is 12.4 Å². The van der Waals surface area contributed by atoms with Crippen LogP contribution >= 0.6 is 0 Å². The van der Waals surface area contributed by atoms with Crippen LogP contribution in [0.3, 0.4) is 0 Å². The van der Waals surface area contributed by atoms with Crippen molar-refractivity contribution in [2.45, 2.75) is 26.4 Å². The number of amides is 1. The minimum Gasteiger partial charge on any atom is -0.491 e. The summed E-state index contributed by atoms with van der Waals surface area (Å²) in [6, 6.07) is 4.71. The number of aromatic carboxylic acids is 1. The van der Waals surface area contributed by atoms with Gasteiger partial charge in [0.05, 0.1) is 11.6 Å². The van der Waals surface area contributed by atoms with Crippen molar-refractivity contribution in [2.75, 3.05) is 6.61 Å². The predicted octanol–water partition coefficient (Wildman–Crippen LogP) is 1.51. The SMILES string of the molecule is CC(=O)N1Cc2ccc(C(=O)O)cc2OCC1C. The van der Waals surface area contributed by atoms with E-state index in [9.17, 15) is 9.59 Å². The number of nitrogens with zero attached hydrogens (tertiary/aromatic N) is 1. The largest absolute Gasteiger partial charge is 0.491 e. The molecular formula is C13H15NO4. The molecule has 0 saturated carbocycles. The van der Waals surface area contributed by atoms with Gasteiger partial charge in [-0.2, -0.15) is 0 Å². The Morgan fingerprint density at radius 3 is 2.78 bits per heavy atom. The summed E-state index contributed by atoms with van der Waals surface area (Å²) in [7, 11) is 0. The molecule has 1 aliphatic heterocycles. The summed E-state index contributed by atoms with van der Waals surface area (Å²) >= 11 is 0. The van der Waals surface area contributed by atoms with Crippen molar-refractivity contribution >= 4 is 11.9 Å². The van der Waals surface area contributed by atoms with Crippen molar-refractivity contribution in [1.29, 1.82) is 0 Å². The smallest absolute Gasteiger partial charge is 0.335 e. The summed E-state index contributed by atoms with van der Waals surface area (Å²) in [4.78, 5) is 24.1. The summed E-state index contributed by atoms with van der Waals surface area (Å²) < 4.78 is 5.57. The second kappa shape index (κ2) is 4.68. The maximum Gasteiger partial charge on any atom is 0.335 e. The van der Waals surface area contributed by atoms with E-state index in [1.165, 1.54) is 19.1 Å². The zero-order valence-electron chi connectivity index (χ0n) is 10.3. The van der Waals surface area contributed by atoms with Crippen LogP contribution in [0, 0.1) is 0 Å². The van der Waals surface area contributed by atoms with Crippen molar-refractivity contribution in [3.05, 3.63) is 29.3 Å². The first-order valence-corrected chi connectivity index (χ1v) is 5.75. The van der Waals surface area contributed by atoms with Crippen LogP contribution in [-0.2, 0) is 11.3 Å². The predicted molar refractivity (Wildman–Crippen MR) is 64.6 cm³/mol. The van der Waals surface area contributed by atoms with E-state index in [2.05, 4.69) is 0 Å². The normalized spacial score (nSPS) is 18.6. The fourth-order valence-corrected chi connectivity index (χ4v) is 2.01. The van der Waals surface area contributed by atoms with Crippen molar-refractivity contribution in [3.8, 4) is 5.75 Å². The number of ether oxygens (including phenoxy) is 1. The highest BCUT2D eigenvalue weighted by Gasteiger charge is 2.23. The van der Waals surface area contributed by atoms with Gasteiger partial charge < -0.3 is 14.7 Å². The molecule has 1 N–H and O–H groups in total. The summed E-state index contributed by atoms with van der Waals surface area (Å²) in [6.45, 7) is 4.25. The average Bonchev–Trinajstić information content (AvgIpc) is 2.48. The molecule has 0 fully saturated rings. The molecule has 1 atom stereocenters. The molecule has 1 aliphatic rings. The third kappa shape index (κ3) is 2.30. The van der Waals surface area contributed by atoms with E-state index < -0.39 is 5.97 Å². The lowest BCUT2D eigenvalue weighted by Crippen LogP contribution is -2.38. The topological polar surface area (TPSA) is 66.8 Å². The van der Waals surface area contributed by atoms with Crippen LogP contribution in [-0.4, -0.2) is 34.5 Å². The summed E-state index contributed by atoms with van der Waals surface area (Å²) in [6.07, 6.45) is 0. The van der Waals surface area contributed by atoms with E-state index in [0.717, 1.165) is 5.56 Å². The fraction of sp³-hybridized carbons (Fsp3) is 0.385. The number of benzene rings is 1. The van der Waals surface area contributed by atoms with E-state index in [1.807, 2.05) is 6.92 Å². The van der Waals surface area contributed by atoms with Gasteiger partial charge in [-0.3, -0.25) is 4.79 Å². The number of rotatable bonds is 1. The van der Waals surface area contributed by atoms with Crippen molar-refractivity contribution in [2.24, 2.45) is 0 Å². The number of fused-ring (bicyclic) bond motifs is 1. The summed E-state index contributed by atoms with van der Waals surface area (Å²) in [5.41, 5.74) is 1.03. The highest BCUT2D eigenvalue weighted by Crippen LogP contribution is 2.26. The van der Waals surface area contributed by atoms with Crippen LogP contribution in [0.15, 0.2) is 18.2 Å². The van der Waals surface area contributed by atoms with Gasteiger partial charge in [0.2, 0.25) is 5.91 Å².